The van der Waals surface area contributed by atoms with Gasteiger partial charge in [-0.2, -0.15) is 0 Å². The molecule has 0 amide bonds. The van der Waals surface area contributed by atoms with Crippen LogP contribution in [0.3, 0.4) is 0 Å². The highest BCUT2D eigenvalue weighted by Crippen LogP contribution is 2.40. The molecule has 9 nitrogen and oxygen atoms in total. The molecule has 2 aromatic rings. The Morgan fingerprint density at radius 2 is 1.59 bits per heavy atom. The number of rotatable bonds is 12. The first kappa shape index (κ1) is 29.7. The maximum atomic E-state index is 12.8. The van der Waals surface area contributed by atoms with Gasteiger partial charge < -0.3 is 30.0 Å². The van der Waals surface area contributed by atoms with Gasteiger partial charge in [0.15, 0.2) is 0 Å². The molecule has 1 unspecified atom stereocenters. The molecule has 210 valence electrons. The summed E-state index contributed by atoms with van der Waals surface area (Å²) in [5.74, 6) is -1.16. The molecule has 1 aliphatic heterocycles. The van der Waals surface area contributed by atoms with Crippen LogP contribution in [0.15, 0.2) is 65.0 Å². The SMILES string of the molecule is COC(=O)C1=C(C)NC(C)=C(C(=O)OC)C1c1ccc(CCC(O)NCCNc2ccccc2C)c(OC)c1. The fourth-order valence-electron chi connectivity index (χ4n) is 4.84. The standard InChI is InChI=1S/C30H39N3O6/c1-18-9-7-8-10-23(18)31-15-16-32-25(34)14-13-21-11-12-22(17-24(21)37-4)28-26(29(35)38-5)19(2)33-20(3)27(28)30(36)39-6/h7-12,17,25,28,31-34H,13-16H2,1-6H3. The van der Waals surface area contributed by atoms with Crippen LogP contribution in [0, 0.1) is 6.92 Å². The van der Waals surface area contributed by atoms with Crippen molar-refractivity contribution in [1.82, 2.24) is 10.6 Å². The van der Waals surface area contributed by atoms with Gasteiger partial charge in [0, 0.05) is 30.2 Å². The number of para-hydroxylation sites is 1. The lowest BCUT2D eigenvalue weighted by Gasteiger charge is -2.30. The average Bonchev–Trinajstić information content (AvgIpc) is 2.93. The maximum absolute atomic E-state index is 12.8. The molecule has 0 aliphatic carbocycles. The number of esters is 2. The van der Waals surface area contributed by atoms with Crippen molar-refractivity contribution in [3.8, 4) is 5.75 Å². The van der Waals surface area contributed by atoms with Gasteiger partial charge in [-0.3, -0.25) is 5.32 Å². The first-order valence-electron chi connectivity index (χ1n) is 12.9. The number of carbonyl (C=O) groups excluding carboxylic acids is 2. The van der Waals surface area contributed by atoms with Crippen molar-refractivity contribution in [2.24, 2.45) is 0 Å². The Morgan fingerprint density at radius 3 is 2.18 bits per heavy atom. The average molecular weight is 538 g/mol. The Kier molecular flexibility index (Phi) is 10.5. The van der Waals surface area contributed by atoms with Crippen LogP contribution in [0.25, 0.3) is 0 Å². The lowest BCUT2D eigenvalue weighted by atomic mass is 9.80. The van der Waals surface area contributed by atoms with Crippen LogP contribution in [0.4, 0.5) is 5.69 Å². The number of hydrogen-bond donors (Lipinski definition) is 4. The molecule has 4 N–H and O–H groups in total. The molecule has 0 spiro atoms. The van der Waals surface area contributed by atoms with Gasteiger partial charge in [-0.25, -0.2) is 9.59 Å². The van der Waals surface area contributed by atoms with E-state index in [4.69, 9.17) is 14.2 Å². The quantitative estimate of drug-likeness (QED) is 0.183. The predicted octanol–water partition coefficient (Wildman–Crippen LogP) is 3.54. The monoisotopic (exact) mass is 537 g/mol. The second-order valence-electron chi connectivity index (χ2n) is 9.44. The number of allylic oxidation sites excluding steroid dienone is 2. The van der Waals surface area contributed by atoms with Crippen LogP contribution in [0.5, 0.6) is 5.75 Å². The minimum atomic E-state index is -0.692. The highest BCUT2D eigenvalue weighted by Gasteiger charge is 2.37. The smallest absolute Gasteiger partial charge is 0.336 e. The molecule has 1 atom stereocenters. The molecular weight excluding hydrogens is 498 g/mol. The van der Waals surface area contributed by atoms with Crippen molar-refractivity contribution in [3.05, 3.63) is 81.7 Å². The van der Waals surface area contributed by atoms with Crippen molar-refractivity contribution in [2.45, 2.75) is 45.8 Å². The summed E-state index contributed by atoms with van der Waals surface area (Å²) in [6.45, 7) is 6.88. The van der Waals surface area contributed by atoms with E-state index < -0.39 is 24.1 Å². The van der Waals surface area contributed by atoms with Gasteiger partial charge in [0.1, 0.15) is 12.0 Å². The predicted molar refractivity (Wildman–Crippen MR) is 150 cm³/mol. The van der Waals surface area contributed by atoms with Crippen LogP contribution in [0.1, 0.15) is 42.9 Å². The Balaban J connectivity index is 1.72. The van der Waals surface area contributed by atoms with E-state index in [-0.39, 0.29) is 0 Å². The van der Waals surface area contributed by atoms with Gasteiger partial charge in [-0.1, -0.05) is 30.3 Å². The number of anilines is 1. The molecule has 2 aromatic carbocycles. The third-order valence-corrected chi connectivity index (χ3v) is 6.87. The van der Waals surface area contributed by atoms with Crippen molar-refractivity contribution in [2.75, 3.05) is 39.7 Å². The normalized spacial score (nSPS) is 14.5. The van der Waals surface area contributed by atoms with E-state index in [0.717, 1.165) is 11.3 Å². The van der Waals surface area contributed by atoms with Crippen LogP contribution in [-0.2, 0) is 25.5 Å². The molecule has 0 radical (unpaired) electrons. The van der Waals surface area contributed by atoms with Crippen LogP contribution < -0.4 is 20.7 Å². The van der Waals surface area contributed by atoms with E-state index in [1.165, 1.54) is 19.8 Å². The van der Waals surface area contributed by atoms with Crippen molar-refractivity contribution in [1.29, 1.82) is 0 Å². The Morgan fingerprint density at radius 1 is 0.949 bits per heavy atom. The first-order chi connectivity index (χ1) is 18.7. The van der Waals surface area contributed by atoms with E-state index >= 15 is 0 Å². The second-order valence-corrected chi connectivity index (χ2v) is 9.44. The van der Waals surface area contributed by atoms with Crippen LogP contribution in [-0.4, -0.2) is 57.7 Å². The third kappa shape index (κ3) is 7.19. The number of ether oxygens (including phenoxy) is 3. The summed E-state index contributed by atoms with van der Waals surface area (Å²) in [6.07, 6.45) is 0.351. The summed E-state index contributed by atoms with van der Waals surface area (Å²) in [4.78, 5) is 25.5. The number of aryl methyl sites for hydroxylation is 2. The fourth-order valence-corrected chi connectivity index (χ4v) is 4.84. The molecule has 3 rings (SSSR count). The number of aliphatic hydroxyl groups is 1. The van der Waals surface area contributed by atoms with Crippen LogP contribution >= 0.6 is 0 Å². The van der Waals surface area contributed by atoms with Crippen molar-refractivity contribution < 1.29 is 28.9 Å². The lowest BCUT2D eigenvalue weighted by Crippen LogP contribution is -2.33. The zero-order valence-electron chi connectivity index (χ0n) is 23.5. The number of methoxy groups -OCH3 is 3. The van der Waals surface area contributed by atoms with E-state index in [0.29, 0.717) is 59.8 Å². The molecule has 0 aromatic heterocycles. The van der Waals surface area contributed by atoms with Gasteiger partial charge in [0.05, 0.1) is 38.4 Å². The second kappa shape index (κ2) is 13.8. The number of nitrogens with one attached hydrogen (secondary N) is 3. The summed E-state index contributed by atoms with van der Waals surface area (Å²) >= 11 is 0. The minimum absolute atomic E-state index is 0.331. The number of hydrogen-bond acceptors (Lipinski definition) is 9. The Bertz CT molecular complexity index is 1220. The highest BCUT2D eigenvalue weighted by atomic mass is 16.5. The summed E-state index contributed by atoms with van der Waals surface area (Å²) < 4.78 is 15.8. The molecule has 0 saturated carbocycles. The molecule has 1 heterocycles. The van der Waals surface area contributed by atoms with E-state index in [9.17, 15) is 14.7 Å². The summed E-state index contributed by atoms with van der Waals surface area (Å²) in [5, 5.41) is 20.1. The molecular formula is C30H39N3O6. The minimum Gasteiger partial charge on any atom is -0.496 e. The van der Waals surface area contributed by atoms with Gasteiger partial charge in [-0.05, 0) is 62.4 Å². The van der Waals surface area contributed by atoms with Crippen LogP contribution in [0.2, 0.25) is 0 Å². The van der Waals surface area contributed by atoms with Crippen molar-refractivity contribution >= 4 is 17.6 Å². The summed E-state index contributed by atoms with van der Waals surface area (Å²) in [5.41, 5.74) is 5.71. The topological polar surface area (TPSA) is 118 Å². The lowest BCUT2D eigenvalue weighted by molar-refractivity contribution is -0.137. The van der Waals surface area contributed by atoms with Gasteiger partial charge in [0.2, 0.25) is 0 Å². The number of aliphatic hydroxyl groups excluding tert-OH is 1. The fraction of sp³-hybridized carbons (Fsp3) is 0.400. The summed E-state index contributed by atoms with van der Waals surface area (Å²) in [7, 11) is 4.19. The Hall–Kier alpha value is -3.82. The molecule has 39 heavy (non-hydrogen) atoms. The Labute approximate surface area is 230 Å². The van der Waals surface area contributed by atoms with Gasteiger partial charge >= 0.3 is 11.9 Å². The third-order valence-electron chi connectivity index (χ3n) is 6.87. The van der Waals surface area contributed by atoms with Gasteiger partial charge in [0.25, 0.3) is 0 Å². The molecule has 0 saturated heterocycles. The number of carbonyl (C=O) groups is 2. The molecule has 1 aliphatic rings. The van der Waals surface area contributed by atoms with E-state index in [1.807, 2.05) is 36.4 Å². The van der Waals surface area contributed by atoms with Crippen molar-refractivity contribution in [3.63, 3.8) is 0 Å². The first-order valence-corrected chi connectivity index (χ1v) is 12.9. The number of benzene rings is 2. The van der Waals surface area contributed by atoms with E-state index in [1.54, 1.807) is 21.0 Å². The number of dihydropyridines is 1. The maximum Gasteiger partial charge on any atom is 0.336 e. The largest absolute Gasteiger partial charge is 0.496 e. The van der Waals surface area contributed by atoms with E-state index in [2.05, 4.69) is 28.9 Å². The molecule has 0 fully saturated rings. The molecule has 9 heteroatoms. The summed E-state index contributed by atoms with van der Waals surface area (Å²) in [6, 6.07) is 13.7. The zero-order chi connectivity index (χ0) is 28.5. The molecule has 0 bridgehead atoms. The van der Waals surface area contributed by atoms with Gasteiger partial charge in [-0.15, -0.1) is 0 Å². The zero-order valence-corrected chi connectivity index (χ0v) is 23.5. The highest BCUT2D eigenvalue weighted by molar-refractivity contribution is 5.99.